The monoisotopic (exact) mass is 272 g/mol. The third-order valence-corrected chi connectivity index (χ3v) is 3.24. The van der Waals surface area contributed by atoms with Crippen LogP contribution in [-0.2, 0) is 6.54 Å². The molecule has 4 nitrogen and oxygen atoms in total. The Morgan fingerprint density at radius 1 is 1.40 bits per heavy atom. The summed E-state index contributed by atoms with van der Waals surface area (Å²) in [5.74, 6) is -0.657. The van der Waals surface area contributed by atoms with Gasteiger partial charge in [0.25, 0.3) is 5.91 Å². The number of carbonyl (C=O) groups excluding carboxylic acids is 1. The highest BCUT2D eigenvalue weighted by Crippen LogP contribution is 2.27. The summed E-state index contributed by atoms with van der Waals surface area (Å²) in [6.45, 7) is 2.14. The standard InChI is InChI=1S/C15H13FN2O2/c1-9-11-3-2-4-12(16)14(11)20-13(9)15(19)18-8-10-5-6-17-7-10/h2-7,17H,8H2,1H3,(H,18,19). The fourth-order valence-corrected chi connectivity index (χ4v) is 2.16. The van der Waals surface area contributed by atoms with Crippen molar-refractivity contribution in [2.75, 3.05) is 0 Å². The molecular formula is C15H13FN2O2. The van der Waals surface area contributed by atoms with Crippen molar-refractivity contribution < 1.29 is 13.6 Å². The highest BCUT2D eigenvalue weighted by Gasteiger charge is 2.19. The Hall–Kier alpha value is -2.56. The first-order chi connectivity index (χ1) is 9.66. The van der Waals surface area contributed by atoms with Crippen LogP contribution in [0.3, 0.4) is 0 Å². The lowest BCUT2D eigenvalue weighted by atomic mass is 10.1. The Kier molecular flexibility index (Phi) is 3.02. The molecule has 0 aliphatic rings. The van der Waals surface area contributed by atoms with E-state index >= 15 is 0 Å². The van der Waals surface area contributed by atoms with Gasteiger partial charge < -0.3 is 14.7 Å². The van der Waals surface area contributed by atoms with Crippen LogP contribution in [0.2, 0.25) is 0 Å². The molecule has 2 N–H and O–H groups in total. The lowest BCUT2D eigenvalue weighted by molar-refractivity contribution is 0.0924. The first-order valence-electron chi connectivity index (χ1n) is 6.24. The largest absolute Gasteiger partial charge is 0.448 e. The highest BCUT2D eigenvalue weighted by molar-refractivity contribution is 5.98. The number of halogens is 1. The van der Waals surface area contributed by atoms with E-state index in [-0.39, 0.29) is 17.3 Å². The van der Waals surface area contributed by atoms with Crippen molar-refractivity contribution in [1.29, 1.82) is 0 Å². The minimum Gasteiger partial charge on any atom is -0.448 e. The minimum atomic E-state index is -0.463. The summed E-state index contributed by atoms with van der Waals surface area (Å²) in [5, 5.41) is 3.37. The molecular weight excluding hydrogens is 259 g/mol. The Morgan fingerprint density at radius 2 is 2.25 bits per heavy atom. The van der Waals surface area contributed by atoms with Crippen molar-refractivity contribution in [3.8, 4) is 0 Å². The number of nitrogens with one attached hydrogen (secondary N) is 2. The quantitative estimate of drug-likeness (QED) is 0.769. The van der Waals surface area contributed by atoms with Gasteiger partial charge in [0.15, 0.2) is 17.2 Å². The Labute approximate surface area is 114 Å². The van der Waals surface area contributed by atoms with Crippen molar-refractivity contribution in [2.24, 2.45) is 0 Å². The second-order valence-electron chi connectivity index (χ2n) is 4.57. The molecule has 5 heteroatoms. The van der Waals surface area contributed by atoms with Gasteiger partial charge in [-0.15, -0.1) is 0 Å². The molecule has 0 spiro atoms. The minimum absolute atomic E-state index is 0.122. The van der Waals surface area contributed by atoms with E-state index in [4.69, 9.17) is 4.42 Å². The van der Waals surface area contributed by atoms with Gasteiger partial charge in [0, 0.05) is 29.9 Å². The summed E-state index contributed by atoms with van der Waals surface area (Å²) in [7, 11) is 0. The van der Waals surface area contributed by atoms with Gasteiger partial charge in [0.1, 0.15) is 0 Å². The van der Waals surface area contributed by atoms with Crippen LogP contribution < -0.4 is 5.32 Å². The second-order valence-corrected chi connectivity index (χ2v) is 4.57. The van der Waals surface area contributed by atoms with Gasteiger partial charge in [0.05, 0.1) is 0 Å². The molecule has 0 fully saturated rings. The van der Waals surface area contributed by atoms with Gasteiger partial charge in [-0.05, 0) is 24.6 Å². The number of aromatic nitrogens is 1. The molecule has 0 bridgehead atoms. The number of aryl methyl sites for hydroxylation is 1. The smallest absolute Gasteiger partial charge is 0.287 e. The van der Waals surface area contributed by atoms with Crippen LogP contribution in [0, 0.1) is 12.7 Å². The van der Waals surface area contributed by atoms with Crippen LogP contribution in [0.25, 0.3) is 11.0 Å². The van der Waals surface area contributed by atoms with E-state index in [2.05, 4.69) is 10.3 Å². The SMILES string of the molecule is Cc1c(C(=O)NCc2cc[nH]c2)oc2c(F)cccc12. The van der Waals surface area contributed by atoms with E-state index in [1.54, 1.807) is 31.5 Å². The number of carbonyl (C=O) groups is 1. The van der Waals surface area contributed by atoms with Gasteiger partial charge in [0.2, 0.25) is 0 Å². The molecule has 0 saturated heterocycles. The molecule has 102 valence electrons. The predicted molar refractivity (Wildman–Crippen MR) is 72.9 cm³/mol. The van der Waals surface area contributed by atoms with E-state index in [1.165, 1.54) is 6.07 Å². The van der Waals surface area contributed by atoms with Crippen LogP contribution in [0.5, 0.6) is 0 Å². The molecule has 2 aromatic heterocycles. The predicted octanol–water partition coefficient (Wildman–Crippen LogP) is 3.14. The average Bonchev–Trinajstić information content (AvgIpc) is 3.06. The van der Waals surface area contributed by atoms with Gasteiger partial charge in [-0.1, -0.05) is 12.1 Å². The van der Waals surface area contributed by atoms with E-state index in [0.717, 1.165) is 5.56 Å². The maximum absolute atomic E-state index is 13.6. The molecule has 3 aromatic rings. The van der Waals surface area contributed by atoms with E-state index < -0.39 is 5.82 Å². The Balaban J connectivity index is 1.88. The molecule has 0 aliphatic heterocycles. The molecule has 0 radical (unpaired) electrons. The number of rotatable bonds is 3. The number of fused-ring (bicyclic) bond motifs is 1. The van der Waals surface area contributed by atoms with Crippen LogP contribution in [0.15, 0.2) is 41.1 Å². The zero-order valence-electron chi connectivity index (χ0n) is 10.9. The summed E-state index contributed by atoms with van der Waals surface area (Å²) >= 11 is 0. The maximum Gasteiger partial charge on any atom is 0.287 e. The summed E-state index contributed by atoms with van der Waals surface area (Å²) < 4.78 is 19.0. The van der Waals surface area contributed by atoms with Gasteiger partial charge in [-0.2, -0.15) is 0 Å². The average molecular weight is 272 g/mol. The lowest BCUT2D eigenvalue weighted by Gasteiger charge is -2.01. The summed E-state index contributed by atoms with van der Waals surface area (Å²) in [4.78, 5) is 15.0. The zero-order chi connectivity index (χ0) is 14.1. The first-order valence-corrected chi connectivity index (χ1v) is 6.24. The van der Waals surface area contributed by atoms with Gasteiger partial charge >= 0.3 is 0 Å². The van der Waals surface area contributed by atoms with Gasteiger partial charge in [-0.3, -0.25) is 4.79 Å². The summed E-state index contributed by atoms with van der Waals surface area (Å²) in [6, 6.07) is 6.51. The van der Waals surface area contributed by atoms with Crippen molar-refractivity contribution in [3.05, 3.63) is 59.4 Å². The third-order valence-electron chi connectivity index (χ3n) is 3.24. The van der Waals surface area contributed by atoms with Crippen LogP contribution in [-0.4, -0.2) is 10.9 Å². The fourth-order valence-electron chi connectivity index (χ4n) is 2.16. The van der Waals surface area contributed by atoms with Crippen molar-refractivity contribution >= 4 is 16.9 Å². The number of hydrogen-bond acceptors (Lipinski definition) is 2. The molecule has 0 aliphatic carbocycles. The molecule has 0 atom stereocenters. The number of aromatic amines is 1. The topological polar surface area (TPSA) is 58.0 Å². The zero-order valence-corrected chi connectivity index (χ0v) is 10.9. The second kappa shape index (κ2) is 4.85. The molecule has 0 unspecified atom stereocenters. The number of furan rings is 1. The Morgan fingerprint density at radius 3 is 2.95 bits per heavy atom. The molecule has 20 heavy (non-hydrogen) atoms. The number of amides is 1. The number of H-pyrrole nitrogens is 1. The molecule has 0 saturated carbocycles. The van der Waals surface area contributed by atoms with Crippen molar-refractivity contribution in [2.45, 2.75) is 13.5 Å². The van der Waals surface area contributed by atoms with Gasteiger partial charge in [-0.25, -0.2) is 4.39 Å². The molecule has 1 aromatic carbocycles. The third kappa shape index (κ3) is 2.07. The van der Waals surface area contributed by atoms with Crippen molar-refractivity contribution in [1.82, 2.24) is 10.3 Å². The van der Waals surface area contributed by atoms with E-state index in [1.807, 2.05) is 6.07 Å². The first kappa shape index (κ1) is 12.5. The number of para-hydroxylation sites is 1. The van der Waals surface area contributed by atoms with Crippen LogP contribution in [0.1, 0.15) is 21.7 Å². The van der Waals surface area contributed by atoms with Crippen molar-refractivity contribution in [3.63, 3.8) is 0 Å². The summed E-state index contributed by atoms with van der Waals surface area (Å²) in [5.41, 5.74) is 1.72. The van der Waals surface area contributed by atoms with E-state index in [0.29, 0.717) is 17.5 Å². The Bertz CT molecular complexity index is 760. The van der Waals surface area contributed by atoms with Crippen LogP contribution >= 0.6 is 0 Å². The maximum atomic E-state index is 13.6. The lowest BCUT2D eigenvalue weighted by Crippen LogP contribution is -2.22. The highest BCUT2D eigenvalue weighted by atomic mass is 19.1. The number of benzene rings is 1. The molecule has 3 rings (SSSR count). The normalized spacial score (nSPS) is 10.9. The molecule has 2 heterocycles. The fraction of sp³-hybridized carbons (Fsp3) is 0.133. The van der Waals surface area contributed by atoms with E-state index in [9.17, 15) is 9.18 Å². The number of hydrogen-bond donors (Lipinski definition) is 2. The molecule has 1 amide bonds. The summed E-state index contributed by atoms with van der Waals surface area (Å²) in [6.07, 6.45) is 3.58. The van der Waals surface area contributed by atoms with Crippen LogP contribution in [0.4, 0.5) is 4.39 Å².